The van der Waals surface area contributed by atoms with Crippen molar-refractivity contribution < 1.29 is 19.1 Å². The lowest BCUT2D eigenvalue weighted by atomic mass is 10.2. The van der Waals surface area contributed by atoms with Crippen LogP contribution in [-0.2, 0) is 0 Å². The molecule has 0 aliphatic rings. The van der Waals surface area contributed by atoms with Gasteiger partial charge < -0.3 is 20.1 Å². The van der Waals surface area contributed by atoms with Gasteiger partial charge in [0.1, 0.15) is 35.2 Å². The molecule has 3 heterocycles. The van der Waals surface area contributed by atoms with Gasteiger partial charge in [-0.25, -0.2) is 9.97 Å². The SMILES string of the molecule is COc1ccccc1NC(=O)c1ncn2c(=O)c3c(C(=O)Nc4ccccc4OC)ncn3c(=O)c12. The fourth-order valence-corrected chi connectivity index (χ4v) is 3.83. The number of fused-ring (bicyclic) bond motifs is 2. The van der Waals surface area contributed by atoms with Crippen LogP contribution >= 0.6 is 0 Å². The quantitative estimate of drug-likeness (QED) is 0.369. The molecule has 0 aliphatic carbocycles. The van der Waals surface area contributed by atoms with Gasteiger partial charge in [-0.15, -0.1) is 0 Å². The molecule has 0 fully saturated rings. The Balaban J connectivity index is 1.57. The molecule has 0 spiro atoms. The number of hydrogen-bond acceptors (Lipinski definition) is 8. The number of hydrogen-bond donors (Lipinski definition) is 2. The highest BCUT2D eigenvalue weighted by molar-refractivity contribution is 6.09. The minimum Gasteiger partial charge on any atom is -0.495 e. The summed E-state index contributed by atoms with van der Waals surface area (Å²) in [6.45, 7) is 0. The number of amides is 2. The first-order chi connectivity index (χ1) is 17.4. The van der Waals surface area contributed by atoms with Gasteiger partial charge in [0.15, 0.2) is 11.4 Å². The zero-order chi connectivity index (χ0) is 25.4. The van der Waals surface area contributed by atoms with Crippen molar-refractivity contribution in [2.45, 2.75) is 0 Å². The number of anilines is 2. The minimum absolute atomic E-state index is 0.256. The maximum absolute atomic E-state index is 13.3. The lowest BCUT2D eigenvalue weighted by Gasteiger charge is -2.09. The van der Waals surface area contributed by atoms with Crippen LogP contribution in [0.25, 0.3) is 11.0 Å². The molecule has 5 rings (SSSR count). The molecule has 2 amide bonds. The molecule has 12 nitrogen and oxygen atoms in total. The predicted molar refractivity (Wildman–Crippen MR) is 130 cm³/mol. The monoisotopic (exact) mass is 486 g/mol. The predicted octanol–water partition coefficient (Wildman–Crippen LogP) is 1.66. The highest BCUT2D eigenvalue weighted by atomic mass is 16.5. The van der Waals surface area contributed by atoms with E-state index in [1.165, 1.54) is 14.2 Å². The van der Waals surface area contributed by atoms with E-state index in [1.54, 1.807) is 48.5 Å². The van der Waals surface area contributed by atoms with Gasteiger partial charge in [0, 0.05) is 0 Å². The number of aromatic nitrogens is 4. The van der Waals surface area contributed by atoms with E-state index >= 15 is 0 Å². The third kappa shape index (κ3) is 3.57. The zero-order valence-electron chi connectivity index (χ0n) is 19.0. The van der Waals surface area contributed by atoms with Gasteiger partial charge in [-0.1, -0.05) is 24.3 Å². The summed E-state index contributed by atoms with van der Waals surface area (Å²) in [6, 6.07) is 13.4. The van der Waals surface area contributed by atoms with Gasteiger partial charge >= 0.3 is 0 Å². The molecule has 3 aromatic heterocycles. The first-order valence-electron chi connectivity index (χ1n) is 10.6. The zero-order valence-corrected chi connectivity index (χ0v) is 19.0. The minimum atomic E-state index is -0.740. The van der Waals surface area contributed by atoms with E-state index in [9.17, 15) is 19.2 Å². The fraction of sp³-hybridized carbons (Fsp3) is 0.0833. The number of methoxy groups -OCH3 is 2. The highest BCUT2D eigenvalue weighted by Gasteiger charge is 2.25. The Labute approximate surface area is 202 Å². The van der Waals surface area contributed by atoms with Crippen LogP contribution in [0.1, 0.15) is 21.0 Å². The highest BCUT2D eigenvalue weighted by Crippen LogP contribution is 2.25. The number of benzene rings is 2. The van der Waals surface area contributed by atoms with Gasteiger partial charge in [-0.2, -0.15) is 0 Å². The van der Waals surface area contributed by atoms with Crippen LogP contribution in [0.15, 0.2) is 70.8 Å². The first-order valence-corrected chi connectivity index (χ1v) is 10.6. The van der Waals surface area contributed by atoms with E-state index in [-0.39, 0.29) is 22.4 Å². The van der Waals surface area contributed by atoms with E-state index in [1.807, 2.05) is 0 Å². The molecule has 0 saturated heterocycles. The van der Waals surface area contributed by atoms with Crippen molar-refractivity contribution in [3.63, 3.8) is 0 Å². The molecule has 0 radical (unpaired) electrons. The Kier molecular flexibility index (Phi) is 5.53. The molecule has 5 aromatic rings. The Bertz CT molecular complexity index is 1630. The summed E-state index contributed by atoms with van der Waals surface area (Å²) < 4.78 is 12.3. The van der Waals surface area contributed by atoms with E-state index in [4.69, 9.17) is 9.47 Å². The van der Waals surface area contributed by atoms with Crippen LogP contribution in [0, 0.1) is 0 Å². The van der Waals surface area contributed by atoms with Crippen molar-refractivity contribution in [2.24, 2.45) is 0 Å². The maximum atomic E-state index is 13.3. The average Bonchev–Trinajstić information content (AvgIpc) is 3.54. The molecule has 0 aliphatic heterocycles. The molecule has 36 heavy (non-hydrogen) atoms. The Morgan fingerprint density at radius 3 is 1.47 bits per heavy atom. The smallest absolute Gasteiger partial charge is 0.283 e. The number of nitrogens with zero attached hydrogens (tertiary/aromatic N) is 4. The molecule has 2 N–H and O–H groups in total. The Hall–Kier alpha value is -5.26. The number of carbonyl (C=O) groups is 2. The number of carbonyl (C=O) groups excluding carboxylic acids is 2. The second kappa shape index (κ2) is 8.83. The molecule has 0 atom stereocenters. The number of rotatable bonds is 6. The third-order valence-corrected chi connectivity index (χ3v) is 5.52. The topological polar surface area (TPSA) is 145 Å². The fourth-order valence-electron chi connectivity index (χ4n) is 3.83. The summed E-state index contributed by atoms with van der Waals surface area (Å²) in [6.07, 6.45) is 2.12. The van der Waals surface area contributed by atoms with E-state index < -0.39 is 22.9 Å². The third-order valence-electron chi connectivity index (χ3n) is 5.52. The molecule has 0 bridgehead atoms. The van der Waals surface area contributed by atoms with Crippen molar-refractivity contribution >= 4 is 34.2 Å². The van der Waals surface area contributed by atoms with Crippen LogP contribution in [0.3, 0.4) is 0 Å². The van der Waals surface area contributed by atoms with Crippen molar-refractivity contribution in [3.05, 3.63) is 93.3 Å². The summed E-state index contributed by atoms with van der Waals surface area (Å²) in [5.41, 5.74) is -1.80. The van der Waals surface area contributed by atoms with Gasteiger partial charge in [0.05, 0.1) is 25.6 Å². The number of para-hydroxylation sites is 4. The van der Waals surface area contributed by atoms with Crippen molar-refractivity contribution in [1.82, 2.24) is 18.8 Å². The van der Waals surface area contributed by atoms with Crippen LogP contribution in [0.5, 0.6) is 11.5 Å². The van der Waals surface area contributed by atoms with E-state index in [2.05, 4.69) is 20.6 Å². The van der Waals surface area contributed by atoms with Crippen LogP contribution in [0.4, 0.5) is 11.4 Å². The number of ether oxygens (including phenoxy) is 2. The average molecular weight is 486 g/mol. The molecular weight excluding hydrogens is 468 g/mol. The second-order valence-electron chi connectivity index (χ2n) is 7.54. The first kappa shape index (κ1) is 22.5. The standard InChI is InChI=1S/C24H18N6O6/c1-35-15-9-5-3-7-13(15)27-21(31)17-19-23(33)30-12-26-18(20(30)24(34)29(19)11-25-17)22(32)28-14-8-4-6-10-16(14)36-2/h3-12H,1-2H3,(H,27,31)(H,28,32). The molecule has 2 aromatic carbocycles. The Morgan fingerprint density at radius 2 is 1.08 bits per heavy atom. The molecular formula is C24H18N6O6. The Morgan fingerprint density at radius 1 is 0.694 bits per heavy atom. The second-order valence-corrected chi connectivity index (χ2v) is 7.54. The summed E-state index contributed by atoms with van der Waals surface area (Å²) in [5.74, 6) is -0.618. The summed E-state index contributed by atoms with van der Waals surface area (Å²) >= 11 is 0. The molecule has 180 valence electrons. The van der Waals surface area contributed by atoms with Gasteiger partial charge in [0.25, 0.3) is 22.9 Å². The summed E-state index contributed by atoms with van der Waals surface area (Å²) in [4.78, 5) is 60.4. The normalized spacial score (nSPS) is 10.9. The molecule has 0 saturated carbocycles. The van der Waals surface area contributed by atoms with Crippen molar-refractivity contribution in [2.75, 3.05) is 24.9 Å². The van der Waals surface area contributed by atoms with E-state index in [0.29, 0.717) is 22.9 Å². The molecule has 12 heteroatoms. The van der Waals surface area contributed by atoms with Gasteiger partial charge in [-0.3, -0.25) is 28.0 Å². The van der Waals surface area contributed by atoms with Crippen LogP contribution < -0.4 is 31.2 Å². The largest absolute Gasteiger partial charge is 0.495 e. The summed E-state index contributed by atoms with van der Waals surface area (Å²) in [7, 11) is 2.90. The maximum Gasteiger partial charge on any atom is 0.283 e. The van der Waals surface area contributed by atoms with Crippen molar-refractivity contribution in [1.29, 1.82) is 0 Å². The van der Waals surface area contributed by atoms with Crippen LogP contribution in [-0.4, -0.2) is 44.8 Å². The number of nitrogens with one attached hydrogen (secondary N) is 2. The van der Waals surface area contributed by atoms with Crippen molar-refractivity contribution in [3.8, 4) is 11.5 Å². The lowest BCUT2D eigenvalue weighted by Crippen LogP contribution is -2.28. The molecule has 0 unspecified atom stereocenters. The van der Waals surface area contributed by atoms with E-state index in [0.717, 1.165) is 21.5 Å². The number of imidazole rings is 2. The van der Waals surface area contributed by atoms with Gasteiger partial charge in [0.2, 0.25) is 0 Å². The summed E-state index contributed by atoms with van der Waals surface area (Å²) in [5, 5.41) is 5.26. The lowest BCUT2D eigenvalue weighted by molar-refractivity contribution is 0.101. The van der Waals surface area contributed by atoms with Crippen LogP contribution in [0.2, 0.25) is 0 Å². The van der Waals surface area contributed by atoms with Gasteiger partial charge in [-0.05, 0) is 24.3 Å².